The first-order valence-corrected chi connectivity index (χ1v) is 14.1. The number of carbonyl (C=O) groups is 1. The molecule has 1 saturated carbocycles. The average molecular weight is 513 g/mol. The molecule has 1 amide bonds. The lowest BCUT2D eigenvalue weighted by atomic mass is 9.99. The summed E-state index contributed by atoms with van der Waals surface area (Å²) in [7, 11) is -4.14. The van der Waals surface area contributed by atoms with Gasteiger partial charge in [0.05, 0.1) is 12.1 Å². The number of amides is 1. The van der Waals surface area contributed by atoms with Crippen LogP contribution in [0, 0.1) is 18.8 Å². The highest BCUT2D eigenvalue weighted by molar-refractivity contribution is 7.84. The van der Waals surface area contributed by atoms with Gasteiger partial charge in [0.1, 0.15) is 5.75 Å². The number of aliphatic hydroxyl groups excluding tert-OH is 1. The Morgan fingerprint density at radius 2 is 1.92 bits per heavy atom. The molecule has 0 heterocycles. The Kier molecular flexibility index (Phi) is 8.82. The summed E-state index contributed by atoms with van der Waals surface area (Å²) >= 11 is 0. The molecule has 7 nitrogen and oxygen atoms in total. The molecule has 8 heteroatoms. The second kappa shape index (κ2) is 12.0. The molecular weight excluding hydrogens is 476 g/mol. The lowest BCUT2D eigenvalue weighted by molar-refractivity contribution is -0.123. The quantitative estimate of drug-likeness (QED) is 0.398. The van der Waals surface area contributed by atoms with E-state index in [0.717, 1.165) is 36.8 Å². The Balaban J connectivity index is 1.48. The molecule has 0 radical (unpaired) electrons. The van der Waals surface area contributed by atoms with E-state index < -0.39 is 22.4 Å². The standard InChI is InChI=1S/C28H36N2O5S/c1-21-8-7-13-25(16-21)35-36(33,34)30(19-24-14-15-24)20-27(31)26(17-22-9-3-2-4-10-22)29-28(32)18-23-11-5-6-12-23/h2-5,7-11,13,16,23-24,26-27,31H,6,12,14-15,17-20H2,1H3,(H,29,32)/t23-,26-,27+/m0/s1. The third-order valence-corrected chi connectivity index (χ3v) is 8.06. The number of benzene rings is 2. The van der Waals surface area contributed by atoms with E-state index in [-0.39, 0.29) is 36.6 Å². The van der Waals surface area contributed by atoms with Crippen LogP contribution in [0.2, 0.25) is 0 Å². The van der Waals surface area contributed by atoms with Crippen LogP contribution < -0.4 is 9.50 Å². The summed E-state index contributed by atoms with van der Waals surface area (Å²) in [6, 6.07) is 15.8. The summed E-state index contributed by atoms with van der Waals surface area (Å²) in [5.41, 5.74) is 1.84. The van der Waals surface area contributed by atoms with Crippen molar-refractivity contribution in [2.24, 2.45) is 11.8 Å². The number of nitrogens with zero attached hydrogens (tertiary/aromatic N) is 1. The molecular formula is C28H36N2O5S. The van der Waals surface area contributed by atoms with E-state index in [1.165, 1.54) is 4.31 Å². The summed E-state index contributed by atoms with van der Waals surface area (Å²) in [6.45, 7) is 1.99. The van der Waals surface area contributed by atoms with Gasteiger partial charge in [0.15, 0.2) is 0 Å². The van der Waals surface area contributed by atoms with Crippen LogP contribution in [-0.2, 0) is 21.5 Å². The van der Waals surface area contributed by atoms with E-state index in [9.17, 15) is 18.3 Å². The van der Waals surface area contributed by atoms with Crippen LogP contribution in [0.4, 0.5) is 0 Å². The van der Waals surface area contributed by atoms with E-state index in [2.05, 4.69) is 17.5 Å². The fraction of sp³-hybridized carbons (Fsp3) is 0.464. The van der Waals surface area contributed by atoms with Gasteiger partial charge in [-0.25, -0.2) is 0 Å². The monoisotopic (exact) mass is 512 g/mol. The molecule has 3 atom stereocenters. The van der Waals surface area contributed by atoms with Gasteiger partial charge in [-0.2, -0.15) is 12.7 Å². The van der Waals surface area contributed by atoms with E-state index in [1.807, 2.05) is 43.3 Å². The molecule has 1 fully saturated rings. The summed E-state index contributed by atoms with van der Waals surface area (Å²) in [4.78, 5) is 12.8. The first kappa shape index (κ1) is 26.4. The molecule has 2 aromatic rings. The SMILES string of the molecule is Cc1cccc(OS(=O)(=O)N(CC2CC2)C[C@@H](O)[C@H](Cc2ccccc2)NC(=O)C[C@H]2C=CCC2)c1. The molecule has 2 aromatic carbocycles. The molecule has 0 spiro atoms. The van der Waals surface area contributed by atoms with Crippen molar-refractivity contribution < 1.29 is 22.5 Å². The van der Waals surface area contributed by atoms with Crippen molar-refractivity contribution in [1.29, 1.82) is 0 Å². The number of carbonyl (C=O) groups excluding carboxylic acids is 1. The predicted molar refractivity (Wildman–Crippen MR) is 140 cm³/mol. The van der Waals surface area contributed by atoms with Gasteiger partial charge in [0.25, 0.3) is 0 Å². The third-order valence-electron chi connectivity index (χ3n) is 6.73. The molecule has 4 rings (SSSR count). The van der Waals surface area contributed by atoms with Gasteiger partial charge in [0.2, 0.25) is 5.91 Å². The van der Waals surface area contributed by atoms with Crippen molar-refractivity contribution in [3.63, 3.8) is 0 Å². The maximum absolute atomic E-state index is 13.2. The highest BCUT2D eigenvalue weighted by Crippen LogP contribution is 2.31. The molecule has 2 N–H and O–H groups in total. The molecule has 0 saturated heterocycles. The minimum Gasteiger partial charge on any atom is -0.390 e. The van der Waals surface area contributed by atoms with E-state index in [1.54, 1.807) is 18.2 Å². The maximum atomic E-state index is 13.2. The first-order valence-electron chi connectivity index (χ1n) is 12.7. The minimum atomic E-state index is -4.14. The summed E-state index contributed by atoms with van der Waals surface area (Å²) in [6.07, 6.45) is 7.61. The molecule has 36 heavy (non-hydrogen) atoms. The van der Waals surface area contributed by atoms with Gasteiger partial charge < -0.3 is 14.6 Å². The van der Waals surface area contributed by atoms with Crippen LogP contribution in [0.25, 0.3) is 0 Å². The molecule has 0 aromatic heterocycles. The van der Waals surface area contributed by atoms with Crippen LogP contribution in [0.1, 0.15) is 43.2 Å². The second-order valence-electron chi connectivity index (χ2n) is 10.0. The fourth-order valence-electron chi connectivity index (χ4n) is 4.54. The lowest BCUT2D eigenvalue weighted by Gasteiger charge is -2.29. The van der Waals surface area contributed by atoms with Gasteiger partial charge >= 0.3 is 10.3 Å². The van der Waals surface area contributed by atoms with Crippen LogP contribution in [0.3, 0.4) is 0 Å². The van der Waals surface area contributed by atoms with Crippen molar-refractivity contribution in [2.75, 3.05) is 13.1 Å². The van der Waals surface area contributed by atoms with Gasteiger partial charge in [-0.3, -0.25) is 4.79 Å². The van der Waals surface area contributed by atoms with Gasteiger partial charge in [0, 0.05) is 19.5 Å². The number of nitrogens with one attached hydrogen (secondary N) is 1. The molecule has 0 aliphatic heterocycles. The first-order chi connectivity index (χ1) is 17.3. The Morgan fingerprint density at radius 3 is 2.58 bits per heavy atom. The zero-order chi connectivity index (χ0) is 25.5. The third kappa shape index (κ3) is 7.91. The summed E-state index contributed by atoms with van der Waals surface area (Å²) in [5.74, 6) is 0.557. The van der Waals surface area contributed by atoms with Gasteiger partial charge in [-0.05, 0) is 74.1 Å². The topological polar surface area (TPSA) is 95.9 Å². The number of allylic oxidation sites excluding steroid dienone is 2. The van der Waals surface area contributed by atoms with E-state index >= 15 is 0 Å². The van der Waals surface area contributed by atoms with Crippen LogP contribution in [0.15, 0.2) is 66.7 Å². The highest BCUT2D eigenvalue weighted by atomic mass is 32.2. The zero-order valence-corrected chi connectivity index (χ0v) is 21.6. The number of aliphatic hydroxyl groups is 1. The summed E-state index contributed by atoms with van der Waals surface area (Å²) < 4.78 is 33.1. The number of hydrogen-bond acceptors (Lipinski definition) is 5. The Bertz CT molecular complexity index is 1150. The Morgan fingerprint density at radius 1 is 1.14 bits per heavy atom. The molecule has 0 unspecified atom stereocenters. The van der Waals surface area contributed by atoms with Crippen LogP contribution >= 0.6 is 0 Å². The second-order valence-corrected chi connectivity index (χ2v) is 11.6. The fourth-order valence-corrected chi connectivity index (χ4v) is 5.72. The molecule has 0 bridgehead atoms. The Labute approximate surface area is 214 Å². The van der Waals surface area contributed by atoms with Crippen molar-refractivity contribution in [3.05, 3.63) is 77.9 Å². The average Bonchev–Trinajstić information content (AvgIpc) is 3.51. The normalized spacial score (nSPS) is 19.2. The molecule has 2 aliphatic rings. The largest absolute Gasteiger partial charge is 0.390 e. The van der Waals surface area contributed by atoms with Crippen LogP contribution in [0.5, 0.6) is 5.75 Å². The van der Waals surface area contributed by atoms with Crippen molar-refractivity contribution in [1.82, 2.24) is 9.62 Å². The molecule has 2 aliphatic carbocycles. The van der Waals surface area contributed by atoms with Crippen molar-refractivity contribution >= 4 is 16.2 Å². The van der Waals surface area contributed by atoms with Gasteiger partial charge in [-0.15, -0.1) is 0 Å². The number of hydrogen-bond donors (Lipinski definition) is 2. The predicted octanol–water partition coefficient (Wildman–Crippen LogP) is 3.78. The summed E-state index contributed by atoms with van der Waals surface area (Å²) in [5, 5.41) is 14.3. The lowest BCUT2D eigenvalue weighted by Crippen LogP contribution is -2.51. The van der Waals surface area contributed by atoms with E-state index in [0.29, 0.717) is 12.8 Å². The van der Waals surface area contributed by atoms with Crippen molar-refractivity contribution in [2.45, 2.75) is 57.6 Å². The minimum absolute atomic E-state index is 0.140. The maximum Gasteiger partial charge on any atom is 0.385 e. The Hall–Kier alpha value is -2.68. The van der Waals surface area contributed by atoms with Crippen molar-refractivity contribution in [3.8, 4) is 5.75 Å². The smallest absolute Gasteiger partial charge is 0.385 e. The van der Waals surface area contributed by atoms with Crippen LogP contribution in [-0.4, -0.2) is 49.0 Å². The zero-order valence-electron chi connectivity index (χ0n) is 20.8. The number of aryl methyl sites for hydroxylation is 1. The van der Waals surface area contributed by atoms with Gasteiger partial charge in [-0.1, -0.05) is 54.6 Å². The highest BCUT2D eigenvalue weighted by Gasteiger charge is 2.35. The van der Waals surface area contributed by atoms with E-state index in [4.69, 9.17) is 4.18 Å². The number of rotatable bonds is 13. The molecule has 194 valence electrons.